The molecule has 1 N–H and O–H groups in total. The molecule has 2 rings (SSSR count). The van der Waals surface area contributed by atoms with Crippen molar-refractivity contribution >= 4 is 17.1 Å². The predicted octanol–water partition coefficient (Wildman–Crippen LogP) is 3.17. The molecule has 0 aliphatic carbocycles. The van der Waals surface area contributed by atoms with Gasteiger partial charge in [-0.25, -0.2) is 0 Å². The number of aryl methyl sites for hydroxylation is 1. The van der Waals surface area contributed by atoms with E-state index in [0.29, 0.717) is 12.2 Å². The lowest BCUT2D eigenvalue weighted by Gasteiger charge is -2.19. The summed E-state index contributed by atoms with van der Waals surface area (Å²) in [5.41, 5.74) is 2.63. The predicted molar refractivity (Wildman–Crippen MR) is 78.2 cm³/mol. The molecule has 0 aliphatic heterocycles. The van der Waals surface area contributed by atoms with Crippen LogP contribution in [0.2, 0.25) is 0 Å². The van der Waals surface area contributed by atoms with E-state index < -0.39 is 0 Å². The van der Waals surface area contributed by atoms with Gasteiger partial charge in [-0.15, -0.1) is 0 Å². The Labute approximate surface area is 117 Å². The molecule has 20 heavy (non-hydrogen) atoms. The minimum absolute atomic E-state index is 0.0719. The Balaban J connectivity index is 2.29. The highest BCUT2D eigenvalue weighted by Gasteiger charge is 2.13. The number of nitro groups is 1. The van der Waals surface area contributed by atoms with Crippen LogP contribution in [0.5, 0.6) is 0 Å². The topological polar surface area (TPSA) is 71.5 Å². The van der Waals surface area contributed by atoms with Gasteiger partial charge in [0.15, 0.2) is 0 Å². The number of nitro benzene ring substituents is 1. The molecule has 0 unspecified atom stereocenters. The highest BCUT2D eigenvalue weighted by atomic mass is 16.6. The smallest absolute Gasteiger partial charge is 0.273 e. The van der Waals surface area contributed by atoms with Gasteiger partial charge in [0.25, 0.3) is 5.69 Å². The summed E-state index contributed by atoms with van der Waals surface area (Å²) in [7, 11) is 3.63. The van der Waals surface area contributed by atoms with Crippen LogP contribution in [-0.4, -0.2) is 19.0 Å². The molecular weight excluding hydrogens is 258 g/mol. The lowest BCUT2D eigenvalue weighted by molar-refractivity contribution is -0.384. The van der Waals surface area contributed by atoms with Gasteiger partial charge < -0.3 is 14.6 Å². The number of hydrogen-bond acceptors (Lipinski definition) is 5. The van der Waals surface area contributed by atoms with Crippen LogP contribution in [0, 0.1) is 17.0 Å². The molecule has 0 bridgehead atoms. The number of hydrogen-bond donors (Lipinski definition) is 1. The van der Waals surface area contributed by atoms with Gasteiger partial charge in [-0.05, 0) is 19.1 Å². The lowest BCUT2D eigenvalue weighted by atomic mass is 10.2. The molecule has 1 heterocycles. The van der Waals surface area contributed by atoms with E-state index in [1.165, 1.54) is 6.07 Å². The van der Waals surface area contributed by atoms with Crippen molar-refractivity contribution in [2.45, 2.75) is 13.5 Å². The summed E-state index contributed by atoms with van der Waals surface area (Å²) >= 11 is 0. The Morgan fingerprint density at radius 3 is 2.70 bits per heavy atom. The molecule has 0 fully saturated rings. The maximum Gasteiger partial charge on any atom is 0.273 e. The molecule has 1 aromatic heterocycles. The Morgan fingerprint density at radius 1 is 1.40 bits per heavy atom. The number of nitrogens with one attached hydrogen (secondary N) is 1. The molecule has 0 aliphatic rings. The number of benzene rings is 1. The zero-order chi connectivity index (χ0) is 14.7. The highest BCUT2D eigenvalue weighted by molar-refractivity contribution is 5.64. The molecule has 0 atom stereocenters. The standard InChI is InChI=1S/C14H17N3O3/c1-10-11(4-5-20-10)9-16(3)13-6-12(15-2)7-14(8-13)17(18)19/h4-8,15H,9H2,1-3H3. The van der Waals surface area contributed by atoms with Crippen LogP contribution in [0.4, 0.5) is 17.1 Å². The first kappa shape index (κ1) is 13.9. The molecule has 0 saturated carbocycles. The van der Waals surface area contributed by atoms with Crippen molar-refractivity contribution in [2.24, 2.45) is 0 Å². The fourth-order valence-electron chi connectivity index (χ4n) is 1.99. The third kappa shape index (κ3) is 2.90. The largest absolute Gasteiger partial charge is 0.469 e. The summed E-state index contributed by atoms with van der Waals surface area (Å²) in [4.78, 5) is 12.5. The molecule has 0 spiro atoms. The quantitative estimate of drug-likeness (QED) is 0.670. The van der Waals surface area contributed by atoms with Gasteiger partial charge in [0.1, 0.15) is 5.76 Å². The molecule has 6 nitrogen and oxygen atoms in total. The zero-order valence-electron chi connectivity index (χ0n) is 11.7. The number of anilines is 2. The summed E-state index contributed by atoms with van der Waals surface area (Å²) in [6, 6.07) is 6.86. The Morgan fingerprint density at radius 2 is 2.15 bits per heavy atom. The monoisotopic (exact) mass is 275 g/mol. The second-order valence-electron chi connectivity index (χ2n) is 4.60. The maximum atomic E-state index is 11.0. The van der Waals surface area contributed by atoms with Crippen molar-refractivity contribution in [1.29, 1.82) is 0 Å². The zero-order valence-corrected chi connectivity index (χ0v) is 11.7. The van der Waals surface area contributed by atoms with E-state index in [-0.39, 0.29) is 10.6 Å². The van der Waals surface area contributed by atoms with E-state index in [9.17, 15) is 10.1 Å². The van der Waals surface area contributed by atoms with Crippen molar-refractivity contribution in [3.63, 3.8) is 0 Å². The van der Waals surface area contributed by atoms with E-state index in [1.807, 2.05) is 31.0 Å². The average molecular weight is 275 g/mol. The van der Waals surface area contributed by atoms with Crippen LogP contribution < -0.4 is 10.2 Å². The third-order valence-electron chi connectivity index (χ3n) is 3.22. The van der Waals surface area contributed by atoms with Crippen molar-refractivity contribution in [1.82, 2.24) is 0 Å². The van der Waals surface area contributed by atoms with Gasteiger partial charge >= 0.3 is 0 Å². The van der Waals surface area contributed by atoms with E-state index in [4.69, 9.17) is 4.42 Å². The van der Waals surface area contributed by atoms with Crippen molar-refractivity contribution in [3.8, 4) is 0 Å². The summed E-state index contributed by atoms with van der Waals surface area (Å²) in [5, 5.41) is 13.9. The van der Waals surface area contributed by atoms with Crippen molar-refractivity contribution < 1.29 is 9.34 Å². The Hall–Kier alpha value is -2.50. The fourth-order valence-corrected chi connectivity index (χ4v) is 1.99. The average Bonchev–Trinajstić information content (AvgIpc) is 2.83. The van der Waals surface area contributed by atoms with Gasteiger partial charge in [0.05, 0.1) is 11.2 Å². The van der Waals surface area contributed by atoms with Crippen LogP contribution in [0.3, 0.4) is 0 Å². The molecule has 0 radical (unpaired) electrons. The summed E-state index contributed by atoms with van der Waals surface area (Å²) < 4.78 is 5.26. The molecular formula is C14H17N3O3. The van der Waals surface area contributed by atoms with E-state index >= 15 is 0 Å². The highest BCUT2D eigenvalue weighted by Crippen LogP contribution is 2.27. The van der Waals surface area contributed by atoms with Crippen molar-refractivity contribution in [2.75, 3.05) is 24.3 Å². The third-order valence-corrected chi connectivity index (χ3v) is 3.22. The van der Waals surface area contributed by atoms with E-state index in [2.05, 4.69) is 5.32 Å². The number of non-ortho nitro benzene ring substituents is 1. The van der Waals surface area contributed by atoms with Gasteiger partial charge in [-0.2, -0.15) is 0 Å². The Bertz CT molecular complexity index is 622. The van der Waals surface area contributed by atoms with E-state index in [1.54, 1.807) is 19.4 Å². The maximum absolute atomic E-state index is 11.0. The van der Waals surface area contributed by atoms with Crippen LogP contribution >= 0.6 is 0 Å². The number of rotatable bonds is 5. The second kappa shape index (κ2) is 5.64. The first-order valence-corrected chi connectivity index (χ1v) is 6.22. The SMILES string of the molecule is CNc1cc(N(C)Cc2ccoc2C)cc([N+](=O)[O-])c1. The van der Waals surface area contributed by atoms with Crippen LogP contribution in [-0.2, 0) is 6.54 Å². The number of furan rings is 1. The summed E-state index contributed by atoms with van der Waals surface area (Å²) in [6.07, 6.45) is 1.64. The second-order valence-corrected chi connectivity index (χ2v) is 4.60. The van der Waals surface area contributed by atoms with Gasteiger partial charge in [0.2, 0.25) is 0 Å². The molecule has 6 heteroatoms. The summed E-state index contributed by atoms with van der Waals surface area (Å²) in [5.74, 6) is 0.858. The van der Waals surface area contributed by atoms with Gasteiger partial charge in [0, 0.05) is 49.7 Å². The molecule has 2 aromatic rings. The molecule has 106 valence electrons. The van der Waals surface area contributed by atoms with Crippen LogP contribution in [0.1, 0.15) is 11.3 Å². The van der Waals surface area contributed by atoms with Crippen LogP contribution in [0.15, 0.2) is 34.9 Å². The van der Waals surface area contributed by atoms with Crippen LogP contribution in [0.25, 0.3) is 0 Å². The lowest BCUT2D eigenvalue weighted by Crippen LogP contribution is -2.16. The summed E-state index contributed by atoms with van der Waals surface area (Å²) in [6.45, 7) is 2.53. The Kier molecular flexibility index (Phi) is 3.93. The minimum Gasteiger partial charge on any atom is -0.469 e. The number of nitrogens with zero attached hydrogens (tertiary/aromatic N) is 2. The van der Waals surface area contributed by atoms with Gasteiger partial charge in [-0.3, -0.25) is 10.1 Å². The van der Waals surface area contributed by atoms with Gasteiger partial charge in [-0.1, -0.05) is 0 Å². The molecule has 1 aromatic carbocycles. The van der Waals surface area contributed by atoms with Crippen molar-refractivity contribution in [3.05, 3.63) is 52.0 Å². The minimum atomic E-state index is -0.388. The molecule has 0 amide bonds. The normalized spacial score (nSPS) is 10.3. The first-order valence-electron chi connectivity index (χ1n) is 6.22. The first-order chi connectivity index (χ1) is 9.51. The fraction of sp³-hybridized carbons (Fsp3) is 0.286. The molecule has 0 saturated heterocycles. The van der Waals surface area contributed by atoms with E-state index in [0.717, 1.165) is 17.0 Å².